The molecule has 3 aromatic rings. The standard InChI is InChI=1S/C26H32N6O2/c1-19-3-5-21(6-4-19)22-13-23(15-24(14-22)32-18-27-29-30-32)25(33)28-20(2)16-31-10-7-26(8-11-31)9-12-34-17-26/h3-6,13-15,18,20H,7-12,16-17H2,1-2H3,(H,28,33). The summed E-state index contributed by atoms with van der Waals surface area (Å²) in [6.45, 7) is 8.93. The first-order valence-electron chi connectivity index (χ1n) is 12.1. The van der Waals surface area contributed by atoms with Gasteiger partial charge in [-0.1, -0.05) is 29.8 Å². The van der Waals surface area contributed by atoms with Crippen LogP contribution < -0.4 is 5.32 Å². The van der Waals surface area contributed by atoms with Gasteiger partial charge in [-0.25, -0.2) is 4.68 Å². The summed E-state index contributed by atoms with van der Waals surface area (Å²) in [5.74, 6) is -0.0894. The number of likely N-dealkylation sites (tertiary alicyclic amines) is 1. The maximum atomic E-state index is 13.3. The van der Waals surface area contributed by atoms with Gasteiger partial charge in [0.1, 0.15) is 6.33 Å². The fraction of sp³-hybridized carbons (Fsp3) is 0.462. The van der Waals surface area contributed by atoms with E-state index in [0.717, 1.165) is 49.7 Å². The van der Waals surface area contributed by atoms with Crippen molar-refractivity contribution >= 4 is 5.91 Å². The number of carbonyl (C=O) groups excluding carboxylic acids is 1. The molecule has 2 aliphatic heterocycles. The summed E-state index contributed by atoms with van der Waals surface area (Å²) in [5, 5.41) is 14.7. The molecule has 0 aliphatic carbocycles. The lowest BCUT2D eigenvalue weighted by molar-refractivity contribution is 0.0741. The molecule has 0 bridgehead atoms. The molecule has 1 unspecified atom stereocenters. The van der Waals surface area contributed by atoms with Gasteiger partial charge >= 0.3 is 0 Å². The van der Waals surface area contributed by atoms with Crippen molar-refractivity contribution in [2.45, 2.75) is 39.2 Å². The Morgan fingerprint density at radius 2 is 1.91 bits per heavy atom. The number of amides is 1. The molecule has 8 nitrogen and oxygen atoms in total. The second-order valence-electron chi connectivity index (χ2n) is 9.87. The Kier molecular flexibility index (Phi) is 6.43. The van der Waals surface area contributed by atoms with Crippen molar-refractivity contribution in [2.24, 2.45) is 5.41 Å². The van der Waals surface area contributed by atoms with Crippen molar-refractivity contribution in [3.63, 3.8) is 0 Å². The van der Waals surface area contributed by atoms with E-state index in [9.17, 15) is 4.79 Å². The SMILES string of the molecule is Cc1ccc(-c2cc(C(=O)NC(C)CN3CCC4(CCOC4)CC3)cc(-n3cnnn3)c2)cc1. The normalized spacial score (nSPS) is 18.8. The van der Waals surface area contributed by atoms with Crippen molar-refractivity contribution in [3.8, 4) is 16.8 Å². The number of piperidine rings is 1. The van der Waals surface area contributed by atoms with Crippen molar-refractivity contribution in [1.29, 1.82) is 0 Å². The monoisotopic (exact) mass is 460 g/mol. The molecular formula is C26H32N6O2. The Morgan fingerprint density at radius 1 is 1.12 bits per heavy atom. The number of ether oxygens (including phenoxy) is 1. The molecule has 2 fully saturated rings. The van der Waals surface area contributed by atoms with Gasteiger partial charge in [0.2, 0.25) is 0 Å². The van der Waals surface area contributed by atoms with Crippen LogP contribution in [-0.2, 0) is 4.74 Å². The molecule has 1 atom stereocenters. The maximum absolute atomic E-state index is 13.3. The third kappa shape index (κ3) is 5.03. The summed E-state index contributed by atoms with van der Waals surface area (Å²) >= 11 is 0. The Bertz CT molecular complexity index is 1110. The number of tetrazole rings is 1. The van der Waals surface area contributed by atoms with Crippen molar-refractivity contribution in [2.75, 3.05) is 32.8 Å². The van der Waals surface area contributed by atoms with E-state index >= 15 is 0 Å². The van der Waals surface area contributed by atoms with Gasteiger partial charge < -0.3 is 15.0 Å². The summed E-state index contributed by atoms with van der Waals surface area (Å²) in [6, 6.07) is 14.1. The fourth-order valence-corrected chi connectivity index (χ4v) is 5.06. The number of rotatable bonds is 6. The number of hydrogen-bond donors (Lipinski definition) is 1. The van der Waals surface area contributed by atoms with E-state index in [4.69, 9.17) is 4.74 Å². The molecule has 1 amide bonds. The fourth-order valence-electron chi connectivity index (χ4n) is 5.06. The molecule has 2 aliphatic rings. The first-order chi connectivity index (χ1) is 16.5. The molecule has 8 heteroatoms. The van der Waals surface area contributed by atoms with E-state index < -0.39 is 0 Å². The van der Waals surface area contributed by atoms with Gasteiger partial charge in [-0.2, -0.15) is 0 Å². The smallest absolute Gasteiger partial charge is 0.251 e. The van der Waals surface area contributed by atoms with Crippen LogP contribution in [0.25, 0.3) is 16.8 Å². The van der Waals surface area contributed by atoms with E-state index in [1.165, 1.54) is 31.2 Å². The number of nitrogens with zero attached hydrogens (tertiary/aromatic N) is 5. The minimum absolute atomic E-state index is 0.0425. The largest absolute Gasteiger partial charge is 0.381 e. The molecule has 0 radical (unpaired) electrons. The molecule has 2 saturated heterocycles. The number of hydrogen-bond acceptors (Lipinski definition) is 6. The number of aryl methyl sites for hydroxylation is 1. The zero-order chi connectivity index (χ0) is 23.5. The lowest BCUT2D eigenvalue weighted by Gasteiger charge is -2.39. The summed E-state index contributed by atoms with van der Waals surface area (Å²) in [4.78, 5) is 15.7. The van der Waals surface area contributed by atoms with E-state index in [2.05, 4.69) is 63.9 Å². The van der Waals surface area contributed by atoms with Crippen LogP contribution >= 0.6 is 0 Å². The quantitative estimate of drug-likeness (QED) is 0.608. The Hall–Kier alpha value is -3.10. The van der Waals surface area contributed by atoms with Crippen LogP contribution in [0, 0.1) is 12.3 Å². The van der Waals surface area contributed by atoms with Crippen molar-refractivity contribution in [3.05, 3.63) is 59.9 Å². The lowest BCUT2D eigenvalue weighted by atomic mass is 9.78. The highest BCUT2D eigenvalue weighted by molar-refractivity contribution is 5.96. The third-order valence-electron chi connectivity index (χ3n) is 7.19. The predicted molar refractivity (Wildman–Crippen MR) is 130 cm³/mol. The zero-order valence-electron chi connectivity index (χ0n) is 19.9. The van der Waals surface area contributed by atoms with Crippen LogP contribution in [0.1, 0.15) is 42.1 Å². The van der Waals surface area contributed by atoms with Gasteiger partial charge in [0, 0.05) is 24.8 Å². The van der Waals surface area contributed by atoms with Gasteiger partial charge in [-0.15, -0.1) is 5.10 Å². The molecular weight excluding hydrogens is 428 g/mol. The minimum Gasteiger partial charge on any atom is -0.381 e. The van der Waals surface area contributed by atoms with Gasteiger partial charge in [-0.3, -0.25) is 4.79 Å². The average molecular weight is 461 g/mol. The van der Waals surface area contributed by atoms with Crippen LogP contribution in [-0.4, -0.2) is 69.9 Å². The first-order valence-corrected chi connectivity index (χ1v) is 12.1. The van der Waals surface area contributed by atoms with Gasteiger partial charge in [0.25, 0.3) is 5.91 Å². The van der Waals surface area contributed by atoms with E-state index in [-0.39, 0.29) is 11.9 Å². The van der Waals surface area contributed by atoms with E-state index in [1.54, 1.807) is 4.68 Å². The average Bonchev–Trinajstić information content (AvgIpc) is 3.54. The van der Waals surface area contributed by atoms with Crippen LogP contribution in [0.5, 0.6) is 0 Å². The summed E-state index contributed by atoms with van der Waals surface area (Å²) < 4.78 is 7.23. The number of nitrogens with one attached hydrogen (secondary N) is 1. The Balaban J connectivity index is 1.29. The first kappa shape index (κ1) is 22.7. The molecule has 2 aromatic carbocycles. The highest BCUT2D eigenvalue weighted by Gasteiger charge is 2.38. The molecule has 178 valence electrons. The summed E-state index contributed by atoms with van der Waals surface area (Å²) in [7, 11) is 0. The molecule has 1 aromatic heterocycles. The minimum atomic E-state index is -0.0894. The number of aromatic nitrogens is 4. The van der Waals surface area contributed by atoms with Crippen LogP contribution in [0.15, 0.2) is 48.8 Å². The highest BCUT2D eigenvalue weighted by atomic mass is 16.5. The zero-order valence-corrected chi connectivity index (χ0v) is 19.9. The Morgan fingerprint density at radius 3 is 2.59 bits per heavy atom. The van der Waals surface area contributed by atoms with Crippen LogP contribution in [0.3, 0.4) is 0 Å². The van der Waals surface area contributed by atoms with Gasteiger partial charge in [0.15, 0.2) is 0 Å². The topological polar surface area (TPSA) is 85.2 Å². The predicted octanol–water partition coefficient (Wildman–Crippen LogP) is 3.26. The van der Waals surface area contributed by atoms with Crippen LogP contribution in [0.2, 0.25) is 0 Å². The molecule has 1 N–H and O–H groups in total. The second kappa shape index (κ2) is 9.64. The third-order valence-corrected chi connectivity index (χ3v) is 7.19. The number of carbonyl (C=O) groups is 1. The molecule has 0 saturated carbocycles. The highest BCUT2D eigenvalue weighted by Crippen LogP contribution is 2.39. The van der Waals surface area contributed by atoms with Gasteiger partial charge in [0.05, 0.1) is 12.3 Å². The summed E-state index contributed by atoms with van der Waals surface area (Å²) in [6.07, 6.45) is 5.09. The molecule has 3 heterocycles. The molecule has 1 spiro atoms. The second-order valence-corrected chi connectivity index (χ2v) is 9.87. The van der Waals surface area contributed by atoms with Crippen molar-refractivity contribution in [1.82, 2.24) is 30.4 Å². The summed E-state index contributed by atoms with van der Waals surface area (Å²) in [5.41, 5.74) is 4.92. The van der Waals surface area contributed by atoms with E-state index in [0.29, 0.717) is 11.0 Å². The lowest BCUT2D eigenvalue weighted by Crippen LogP contribution is -2.47. The van der Waals surface area contributed by atoms with Crippen LogP contribution in [0.4, 0.5) is 0 Å². The van der Waals surface area contributed by atoms with E-state index in [1.807, 2.05) is 18.2 Å². The molecule has 34 heavy (non-hydrogen) atoms. The number of benzene rings is 2. The van der Waals surface area contributed by atoms with Crippen molar-refractivity contribution < 1.29 is 9.53 Å². The van der Waals surface area contributed by atoms with Gasteiger partial charge in [-0.05, 0) is 91.4 Å². The molecule has 5 rings (SSSR count). The Labute approximate surface area is 200 Å². The maximum Gasteiger partial charge on any atom is 0.251 e.